The van der Waals surface area contributed by atoms with Crippen LogP contribution in [0.4, 0.5) is 11.4 Å². The number of carbonyl (C=O) groups excluding carboxylic acids is 2. The minimum atomic E-state index is -0.226. The number of nitrogens with one attached hydrogen (secondary N) is 2. The largest absolute Gasteiger partial charge is 0.375 e. The second-order valence-electron chi connectivity index (χ2n) is 4.30. The summed E-state index contributed by atoms with van der Waals surface area (Å²) in [7, 11) is 1.46. The Balaban J connectivity index is 2.71. The van der Waals surface area contributed by atoms with E-state index in [0.29, 0.717) is 17.8 Å². The van der Waals surface area contributed by atoms with Crippen LogP contribution in [0, 0.1) is 6.92 Å². The summed E-state index contributed by atoms with van der Waals surface area (Å²) in [5.74, 6) is 0.536. The number of carbonyl (C=O) groups is 2. The Labute approximate surface area is 123 Å². The average Bonchev–Trinajstić information content (AvgIpc) is 2.40. The lowest BCUT2D eigenvalue weighted by atomic mass is 10.1. The van der Waals surface area contributed by atoms with Gasteiger partial charge in [-0.15, -0.1) is 0 Å². The van der Waals surface area contributed by atoms with Gasteiger partial charge in [0.1, 0.15) is 6.61 Å². The van der Waals surface area contributed by atoms with Gasteiger partial charge in [0, 0.05) is 30.7 Å². The third-order valence-corrected chi connectivity index (χ3v) is 3.22. The van der Waals surface area contributed by atoms with Crippen molar-refractivity contribution in [3.05, 3.63) is 23.8 Å². The topological polar surface area (TPSA) is 67.4 Å². The Hall–Kier alpha value is -1.53. The third-order valence-electron chi connectivity index (χ3n) is 2.60. The molecule has 0 unspecified atom stereocenters. The van der Waals surface area contributed by atoms with Crippen LogP contribution < -0.4 is 10.6 Å². The summed E-state index contributed by atoms with van der Waals surface area (Å²) < 4.78 is 4.75. The molecule has 0 saturated heterocycles. The molecule has 0 spiro atoms. The van der Waals surface area contributed by atoms with Crippen LogP contribution in [0.1, 0.15) is 12.0 Å². The smallest absolute Gasteiger partial charge is 0.250 e. The number of hydrogen-bond donors (Lipinski definition) is 2. The van der Waals surface area contributed by atoms with Crippen molar-refractivity contribution >= 4 is 35.0 Å². The first-order chi connectivity index (χ1) is 9.56. The Morgan fingerprint density at radius 3 is 2.65 bits per heavy atom. The van der Waals surface area contributed by atoms with Crippen LogP contribution in [0.5, 0.6) is 0 Å². The lowest BCUT2D eigenvalue weighted by Gasteiger charge is -2.11. The van der Waals surface area contributed by atoms with Crippen LogP contribution in [-0.4, -0.2) is 37.5 Å². The summed E-state index contributed by atoms with van der Waals surface area (Å²) in [5, 5.41) is 5.56. The van der Waals surface area contributed by atoms with E-state index in [-0.39, 0.29) is 18.4 Å². The van der Waals surface area contributed by atoms with Crippen molar-refractivity contribution in [2.24, 2.45) is 0 Å². The van der Waals surface area contributed by atoms with E-state index in [0.717, 1.165) is 11.3 Å². The maximum absolute atomic E-state index is 11.7. The molecule has 0 aliphatic heterocycles. The number of ether oxygens (including phenoxy) is 1. The molecule has 110 valence electrons. The van der Waals surface area contributed by atoms with Gasteiger partial charge >= 0.3 is 0 Å². The molecule has 1 rings (SSSR count). The fraction of sp³-hybridized carbons (Fsp3) is 0.429. The van der Waals surface area contributed by atoms with Crippen LogP contribution in [0.2, 0.25) is 0 Å². The molecule has 0 radical (unpaired) electrons. The van der Waals surface area contributed by atoms with Gasteiger partial charge in [-0.05, 0) is 30.9 Å². The van der Waals surface area contributed by atoms with Gasteiger partial charge in [0.05, 0.1) is 0 Å². The Bertz CT molecular complexity index is 477. The Morgan fingerprint density at radius 1 is 1.25 bits per heavy atom. The predicted octanol–water partition coefficient (Wildman–Crippen LogP) is 2.27. The molecule has 0 heterocycles. The van der Waals surface area contributed by atoms with Crippen molar-refractivity contribution in [2.45, 2.75) is 13.3 Å². The van der Waals surface area contributed by atoms with Gasteiger partial charge in [0.25, 0.3) is 0 Å². The molecule has 0 aliphatic rings. The normalized spacial score (nSPS) is 10.2. The fourth-order valence-corrected chi connectivity index (χ4v) is 1.96. The van der Waals surface area contributed by atoms with Crippen molar-refractivity contribution in [2.75, 3.05) is 36.4 Å². The molecule has 20 heavy (non-hydrogen) atoms. The quantitative estimate of drug-likeness (QED) is 0.810. The first-order valence-electron chi connectivity index (χ1n) is 6.25. The Kier molecular flexibility index (Phi) is 7.11. The highest BCUT2D eigenvalue weighted by molar-refractivity contribution is 7.98. The SMILES string of the molecule is COCC(=O)Nc1ccc(C)c(NC(=O)CCSC)c1. The zero-order valence-electron chi connectivity index (χ0n) is 12.0. The van der Waals surface area contributed by atoms with Crippen LogP contribution in [0.15, 0.2) is 18.2 Å². The monoisotopic (exact) mass is 296 g/mol. The van der Waals surface area contributed by atoms with Crippen LogP contribution in [-0.2, 0) is 14.3 Å². The maximum Gasteiger partial charge on any atom is 0.250 e. The average molecular weight is 296 g/mol. The van der Waals surface area contributed by atoms with Crippen molar-refractivity contribution in [1.29, 1.82) is 0 Å². The maximum atomic E-state index is 11.7. The molecular formula is C14H20N2O3S. The summed E-state index contributed by atoms with van der Waals surface area (Å²) >= 11 is 1.63. The summed E-state index contributed by atoms with van der Waals surface area (Å²) in [6.07, 6.45) is 2.44. The van der Waals surface area contributed by atoms with Crippen molar-refractivity contribution < 1.29 is 14.3 Å². The lowest BCUT2D eigenvalue weighted by molar-refractivity contribution is -0.119. The van der Waals surface area contributed by atoms with Crippen LogP contribution in [0.3, 0.4) is 0 Å². The van der Waals surface area contributed by atoms with E-state index in [1.54, 1.807) is 23.9 Å². The summed E-state index contributed by atoms with van der Waals surface area (Å²) in [5.41, 5.74) is 2.30. The number of methoxy groups -OCH3 is 1. The van der Waals surface area contributed by atoms with E-state index < -0.39 is 0 Å². The van der Waals surface area contributed by atoms with Crippen molar-refractivity contribution in [1.82, 2.24) is 0 Å². The van der Waals surface area contributed by atoms with Gasteiger partial charge in [0.15, 0.2) is 0 Å². The second-order valence-corrected chi connectivity index (χ2v) is 5.29. The molecule has 0 fully saturated rings. The molecule has 5 nitrogen and oxygen atoms in total. The van der Waals surface area contributed by atoms with E-state index in [1.165, 1.54) is 7.11 Å². The molecule has 2 amide bonds. The van der Waals surface area contributed by atoms with E-state index in [1.807, 2.05) is 19.2 Å². The number of thioether (sulfide) groups is 1. The zero-order chi connectivity index (χ0) is 15.0. The number of aryl methyl sites for hydroxylation is 1. The zero-order valence-corrected chi connectivity index (χ0v) is 12.8. The first-order valence-corrected chi connectivity index (χ1v) is 7.64. The highest BCUT2D eigenvalue weighted by atomic mass is 32.2. The highest BCUT2D eigenvalue weighted by Crippen LogP contribution is 2.20. The number of rotatable bonds is 7. The van der Waals surface area contributed by atoms with E-state index in [4.69, 9.17) is 4.74 Å². The summed E-state index contributed by atoms with van der Waals surface area (Å²) in [6.45, 7) is 1.91. The molecule has 0 bridgehead atoms. The summed E-state index contributed by atoms with van der Waals surface area (Å²) in [4.78, 5) is 23.2. The number of anilines is 2. The molecule has 0 aliphatic carbocycles. The minimum absolute atomic E-state index is 0.00327. The van der Waals surface area contributed by atoms with Crippen molar-refractivity contribution in [3.63, 3.8) is 0 Å². The lowest BCUT2D eigenvalue weighted by Crippen LogP contribution is -2.18. The molecule has 6 heteroatoms. The van der Waals surface area contributed by atoms with E-state index in [9.17, 15) is 9.59 Å². The molecular weight excluding hydrogens is 276 g/mol. The van der Waals surface area contributed by atoms with Gasteiger partial charge in [-0.25, -0.2) is 0 Å². The number of amides is 2. The van der Waals surface area contributed by atoms with Gasteiger partial charge in [-0.1, -0.05) is 6.07 Å². The Morgan fingerprint density at radius 2 is 2.00 bits per heavy atom. The van der Waals surface area contributed by atoms with Crippen LogP contribution in [0.25, 0.3) is 0 Å². The standard InChI is InChI=1S/C14H20N2O3S/c1-10-4-5-11(15-14(18)9-19-2)8-12(10)16-13(17)6-7-20-3/h4-5,8H,6-7,9H2,1-3H3,(H,15,18)(H,16,17). The number of hydrogen-bond acceptors (Lipinski definition) is 4. The van der Waals surface area contributed by atoms with Gasteiger partial charge in [-0.2, -0.15) is 11.8 Å². The van der Waals surface area contributed by atoms with Crippen molar-refractivity contribution in [3.8, 4) is 0 Å². The summed E-state index contributed by atoms with van der Waals surface area (Å²) in [6, 6.07) is 5.40. The van der Waals surface area contributed by atoms with Gasteiger partial charge in [-0.3, -0.25) is 9.59 Å². The predicted molar refractivity (Wildman–Crippen MR) is 83.3 cm³/mol. The molecule has 0 atom stereocenters. The van der Waals surface area contributed by atoms with E-state index in [2.05, 4.69) is 10.6 Å². The molecule has 1 aromatic carbocycles. The third kappa shape index (κ3) is 5.63. The van der Waals surface area contributed by atoms with E-state index >= 15 is 0 Å². The van der Waals surface area contributed by atoms with Gasteiger partial charge < -0.3 is 15.4 Å². The highest BCUT2D eigenvalue weighted by Gasteiger charge is 2.07. The fourth-order valence-electron chi connectivity index (χ4n) is 1.57. The number of benzene rings is 1. The second kappa shape index (κ2) is 8.60. The molecule has 0 saturated carbocycles. The molecule has 1 aromatic rings. The van der Waals surface area contributed by atoms with Gasteiger partial charge in [0.2, 0.25) is 11.8 Å². The molecule has 2 N–H and O–H groups in total. The minimum Gasteiger partial charge on any atom is -0.375 e. The molecule has 0 aromatic heterocycles. The van der Waals surface area contributed by atoms with Crippen LogP contribution >= 0.6 is 11.8 Å². The first kappa shape index (κ1) is 16.5.